The van der Waals surface area contributed by atoms with Crippen molar-refractivity contribution in [3.8, 4) is 0 Å². The first-order chi connectivity index (χ1) is 12.3. The number of nitrogens with one attached hydrogen (secondary N) is 1. The molecule has 1 N–H and O–H groups in total. The molecule has 0 radical (unpaired) electrons. The summed E-state index contributed by atoms with van der Waals surface area (Å²) in [4.78, 5) is 0. The lowest BCUT2D eigenvalue weighted by molar-refractivity contribution is 0.465. The van der Waals surface area contributed by atoms with Gasteiger partial charge in [-0.1, -0.05) is 30.3 Å². The Morgan fingerprint density at radius 1 is 1.12 bits per heavy atom. The summed E-state index contributed by atoms with van der Waals surface area (Å²) < 4.78 is 4.26. The Bertz CT molecular complexity index is 820. The van der Waals surface area contributed by atoms with Crippen molar-refractivity contribution in [1.29, 1.82) is 0 Å². The van der Waals surface area contributed by atoms with E-state index in [9.17, 15) is 0 Å². The first-order valence-electron chi connectivity index (χ1n) is 9.00. The number of nitrogens with zero attached hydrogens (tertiary/aromatic N) is 5. The van der Waals surface area contributed by atoms with Crippen LogP contribution < -0.4 is 5.32 Å². The second kappa shape index (κ2) is 7.19. The lowest BCUT2D eigenvalue weighted by Gasteiger charge is -2.18. The highest BCUT2D eigenvalue weighted by atomic mass is 15.3. The zero-order chi connectivity index (χ0) is 17.1. The van der Waals surface area contributed by atoms with Gasteiger partial charge in [0, 0.05) is 31.3 Å². The summed E-state index contributed by atoms with van der Waals surface area (Å²) in [6, 6.07) is 10.6. The van der Waals surface area contributed by atoms with Gasteiger partial charge in [-0.3, -0.25) is 4.68 Å². The number of aromatic nitrogens is 5. The van der Waals surface area contributed by atoms with E-state index in [2.05, 4.69) is 62.6 Å². The molecular formula is C19H24N6. The van der Waals surface area contributed by atoms with Gasteiger partial charge in [-0.05, 0) is 25.3 Å². The van der Waals surface area contributed by atoms with Gasteiger partial charge in [0.1, 0.15) is 11.6 Å². The quantitative estimate of drug-likeness (QED) is 0.752. The Labute approximate surface area is 147 Å². The molecular weight excluding hydrogens is 312 g/mol. The Kier molecular flexibility index (Phi) is 4.61. The molecule has 0 amide bonds. The van der Waals surface area contributed by atoms with E-state index < -0.39 is 0 Å². The second-order valence-electron chi connectivity index (χ2n) is 6.72. The molecule has 1 atom stereocenters. The molecule has 1 unspecified atom stereocenters. The molecule has 0 saturated carbocycles. The zero-order valence-electron chi connectivity index (χ0n) is 14.6. The van der Waals surface area contributed by atoms with Crippen LogP contribution in [-0.4, -0.2) is 24.5 Å². The van der Waals surface area contributed by atoms with Crippen LogP contribution in [0.3, 0.4) is 0 Å². The zero-order valence-corrected chi connectivity index (χ0v) is 14.6. The van der Waals surface area contributed by atoms with Crippen LogP contribution in [0.4, 0.5) is 0 Å². The fourth-order valence-electron chi connectivity index (χ4n) is 3.37. The van der Waals surface area contributed by atoms with Crippen LogP contribution in [0.5, 0.6) is 0 Å². The summed E-state index contributed by atoms with van der Waals surface area (Å²) in [7, 11) is 0. The van der Waals surface area contributed by atoms with E-state index in [0.29, 0.717) is 0 Å². The maximum absolute atomic E-state index is 4.47. The molecule has 1 aliphatic heterocycles. The highest BCUT2D eigenvalue weighted by Gasteiger charge is 2.19. The van der Waals surface area contributed by atoms with Crippen molar-refractivity contribution in [2.24, 2.45) is 0 Å². The standard InChI is InChI=1S/C19H24N6/c1-15(19-23-22-18-9-5-6-10-25(18)19)20-11-17-12-21-24(14-17)13-16-7-3-2-4-8-16/h2-4,7-8,12,14-15,20H,5-6,9-11,13H2,1H3. The van der Waals surface area contributed by atoms with E-state index in [0.717, 1.165) is 37.7 Å². The number of hydrogen-bond donors (Lipinski definition) is 1. The number of aryl methyl sites for hydroxylation is 1. The normalized spacial score (nSPS) is 15.1. The van der Waals surface area contributed by atoms with Crippen molar-refractivity contribution in [2.75, 3.05) is 0 Å². The van der Waals surface area contributed by atoms with Gasteiger partial charge in [-0.2, -0.15) is 5.10 Å². The number of fused-ring (bicyclic) bond motifs is 1. The van der Waals surface area contributed by atoms with E-state index in [4.69, 9.17) is 0 Å². The average molecular weight is 336 g/mol. The molecule has 0 spiro atoms. The fourth-order valence-corrected chi connectivity index (χ4v) is 3.37. The molecule has 4 rings (SSSR count). The number of hydrogen-bond acceptors (Lipinski definition) is 4. The van der Waals surface area contributed by atoms with E-state index in [1.54, 1.807) is 0 Å². The third-order valence-corrected chi connectivity index (χ3v) is 4.76. The van der Waals surface area contributed by atoms with Gasteiger partial charge in [0.15, 0.2) is 0 Å². The lowest BCUT2D eigenvalue weighted by Crippen LogP contribution is -2.23. The van der Waals surface area contributed by atoms with Crippen molar-refractivity contribution < 1.29 is 0 Å². The molecule has 0 bridgehead atoms. The molecule has 6 nitrogen and oxygen atoms in total. The van der Waals surface area contributed by atoms with Gasteiger partial charge in [-0.15, -0.1) is 10.2 Å². The minimum absolute atomic E-state index is 0.178. The molecule has 3 heterocycles. The van der Waals surface area contributed by atoms with Crippen molar-refractivity contribution in [3.05, 3.63) is 65.5 Å². The Morgan fingerprint density at radius 3 is 2.88 bits per heavy atom. The highest BCUT2D eigenvalue weighted by Crippen LogP contribution is 2.19. The Hall–Kier alpha value is -2.47. The van der Waals surface area contributed by atoms with Crippen molar-refractivity contribution in [2.45, 2.75) is 51.9 Å². The molecule has 130 valence electrons. The Balaban J connectivity index is 1.36. The van der Waals surface area contributed by atoms with Gasteiger partial charge in [0.25, 0.3) is 0 Å². The first kappa shape index (κ1) is 16.0. The predicted octanol–water partition coefficient (Wildman–Crippen LogP) is 2.71. The predicted molar refractivity (Wildman–Crippen MR) is 96.0 cm³/mol. The minimum Gasteiger partial charge on any atom is -0.314 e. The van der Waals surface area contributed by atoms with E-state index in [1.807, 2.05) is 16.9 Å². The van der Waals surface area contributed by atoms with Crippen LogP contribution in [0.15, 0.2) is 42.7 Å². The molecule has 2 aromatic heterocycles. The molecule has 0 saturated heterocycles. The summed E-state index contributed by atoms with van der Waals surface area (Å²) in [5, 5.41) is 16.8. The maximum Gasteiger partial charge on any atom is 0.149 e. The van der Waals surface area contributed by atoms with Crippen molar-refractivity contribution in [3.63, 3.8) is 0 Å². The van der Waals surface area contributed by atoms with Crippen LogP contribution in [0, 0.1) is 0 Å². The van der Waals surface area contributed by atoms with Crippen LogP contribution in [0.2, 0.25) is 0 Å². The van der Waals surface area contributed by atoms with Crippen LogP contribution in [0.25, 0.3) is 0 Å². The van der Waals surface area contributed by atoms with Gasteiger partial charge in [0.05, 0.1) is 18.8 Å². The molecule has 0 fully saturated rings. The van der Waals surface area contributed by atoms with Crippen LogP contribution in [-0.2, 0) is 26.1 Å². The monoisotopic (exact) mass is 336 g/mol. The van der Waals surface area contributed by atoms with Gasteiger partial charge < -0.3 is 9.88 Å². The molecule has 6 heteroatoms. The minimum atomic E-state index is 0.178. The molecule has 3 aromatic rings. The van der Waals surface area contributed by atoms with E-state index in [-0.39, 0.29) is 6.04 Å². The number of benzene rings is 1. The largest absolute Gasteiger partial charge is 0.314 e. The van der Waals surface area contributed by atoms with Crippen LogP contribution >= 0.6 is 0 Å². The second-order valence-corrected chi connectivity index (χ2v) is 6.72. The van der Waals surface area contributed by atoms with Crippen molar-refractivity contribution >= 4 is 0 Å². The summed E-state index contributed by atoms with van der Waals surface area (Å²) >= 11 is 0. The number of rotatable bonds is 6. The maximum atomic E-state index is 4.47. The highest BCUT2D eigenvalue weighted by molar-refractivity contribution is 5.15. The molecule has 1 aliphatic rings. The van der Waals surface area contributed by atoms with Crippen LogP contribution in [0.1, 0.15) is 48.6 Å². The molecule has 25 heavy (non-hydrogen) atoms. The smallest absolute Gasteiger partial charge is 0.149 e. The van der Waals surface area contributed by atoms with Crippen molar-refractivity contribution in [1.82, 2.24) is 29.9 Å². The van der Waals surface area contributed by atoms with E-state index >= 15 is 0 Å². The van der Waals surface area contributed by atoms with E-state index in [1.165, 1.54) is 24.0 Å². The lowest BCUT2D eigenvalue weighted by atomic mass is 10.1. The van der Waals surface area contributed by atoms with Gasteiger partial charge >= 0.3 is 0 Å². The summed E-state index contributed by atoms with van der Waals surface area (Å²) in [5.74, 6) is 2.18. The molecule has 0 aliphatic carbocycles. The third kappa shape index (κ3) is 3.64. The van der Waals surface area contributed by atoms with Gasteiger partial charge in [-0.25, -0.2) is 0 Å². The average Bonchev–Trinajstić information content (AvgIpc) is 3.27. The fraction of sp³-hybridized carbons (Fsp3) is 0.421. The SMILES string of the molecule is CC(NCc1cnn(Cc2ccccc2)c1)c1nnc2n1CCCC2. The third-order valence-electron chi connectivity index (χ3n) is 4.76. The van der Waals surface area contributed by atoms with Gasteiger partial charge in [0.2, 0.25) is 0 Å². The summed E-state index contributed by atoms with van der Waals surface area (Å²) in [5.41, 5.74) is 2.44. The molecule has 1 aromatic carbocycles. The Morgan fingerprint density at radius 2 is 2.00 bits per heavy atom. The summed E-state index contributed by atoms with van der Waals surface area (Å²) in [6.07, 6.45) is 7.53. The topological polar surface area (TPSA) is 60.6 Å². The summed E-state index contributed by atoms with van der Waals surface area (Å²) in [6.45, 7) is 4.77. The first-order valence-corrected chi connectivity index (χ1v) is 9.00.